The van der Waals surface area contributed by atoms with E-state index in [1.807, 2.05) is 60.7 Å². The minimum absolute atomic E-state index is 0. The maximum atomic E-state index is 12.7. The number of primary amides is 1. The number of ether oxygens (including phenoxy) is 1. The molecule has 2 amide bonds. The molecule has 0 heterocycles. The SMILES string of the molecule is Br.CCCCC(NC(CCC)c1ccccc1)N(C(N)=O)c1ccc(OCc2ccccc2)cc1. The van der Waals surface area contributed by atoms with Crippen LogP contribution in [0.2, 0.25) is 0 Å². The van der Waals surface area contributed by atoms with Crippen LogP contribution in [0, 0.1) is 0 Å². The van der Waals surface area contributed by atoms with Gasteiger partial charge in [0.2, 0.25) is 0 Å². The molecule has 3 aromatic rings. The van der Waals surface area contributed by atoms with Gasteiger partial charge >= 0.3 is 6.03 Å². The minimum atomic E-state index is -0.463. The minimum Gasteiger partial charge on any atom is -0.489 e. The van der Waals surface area contributed by atoms with Crippen molar-refractivity contribution in [1.29, 1.82) is 0 Å². The molecule has 0 bridgehead atoms. The largest absolute Gasteiger partial charge is 0.489 e. The van der Waals surface area contributed by atoms with Crippen LogP contribution < -0.4 is 20.7 Å². The van der Waals surface area contributed by atoms with Gasteiger partial charge in [-0.15, -0.1) is 17.0 Å². The molecule has 0 saturated heterocycles. The molecule has 0 aromatic heterocycles. The molecule has 3 N–H and O–H groups in total. The molecular weight excluding hydrogens is 502 g/mol. The molecule has 2 atom stereocenters. The van der Waals surface area contributed by atoms with Gasteiger partial charge < -0.3 is 10.5 Å². The summed E-state index contributed by atoms with van der Waals surface area (Å²) in [6, 6.07) is 27.7. The van der Waals surface area contributed by atoms with Gasteiger partial charge in [-0.1, -0.05) is 93.8 Å². The van der Waals surface area contributed by atoms with E-state index in [-0.39, 0.29) is 29.2 Å². The van der Waals surface area contributed by atoms with Crippen LogP contribution in [-0.2, 0) is 6.61 Å². The highest BCUT2D eigenvalue weighted by atomic mass is 79.9. The predicted molar refractivity (Wildman–Crippen MR) is 150 cm³/mol. The molecule has 6 heteroatoms. The molecule has 3 rings (SSSR count). The molecule has 0 aliphatic carbocycles. The summed E-state index contributed by atoms with van der Waals surface area (Å²) < 4.78 is 5.92. The van der Waals surface area contributed by atoms with Gasteiger partial charge in [0.25, 0.3) is 0 Å². The molecule has 35 heavy (non-hydrogen) atoms. The quantitative estimate of drug-likeness (QED) is 0.222. The molecule has 0 aliphatic rings. The molecule has 0 saturated carbocycles. The number of carbonyl (C=O) groups excluding carboxylic acids is 1. The van der Waals surface area contributed by atoms with E-state index in [2.05, 4.69) is 43.4 Å². The summed E-state index contributed by atoms with van der Waals surface area (Å²) in [5.74, 6) is 0.753. The number of nitrogens with two attached hydrogens (primary N) is 1. The Kier molecular flexibility index (Phi) is 12.4. The molecular formula is C29H38BrN3O2. The van der Waals surface area contributed by atoms with E-state index in [0.717, 1.165) is 49.1 Å². The summed E-state index contributed by atoms with van der Waals surface area (Å²) in [5, 5.41) is 3.74. The van der Waals surface area contributed by atoms with Crippen LogP contribution in [0.15, 0.2) is 84.9 Å². The Morgan fingerprint density at radius 3 is 2.09 bits per heavy atom. The highest BCUT2D eigenvalue weighted by Gasteiger charge is 2.26. The number of hydrogen-bond donors (Lipinski definition) is 2. The average Bonchev–Trinajstić information content (AvgIpc) is 2.87. The van der Waals surface area contributed by atoms with E-state index in [0.29, 0.717) is 6.61 Å². The summed E-state index contributed by atoms with van der Waals surface area (Å²) >= 11 is 0. The second-order valence-corrected chi connectivity index (χ2v) is 8.55. The maximum Gasteiger partial charge on any atom is 0.320 e. The first-order chi connectivity index (χ1) is 16.6. The summed E-state index contributed by atoms with van der Waals surface area (Å²) in [4.78, 5) is 14.3. The fraction of sp³-hybridized carbons (Fsp3) is 0.345. The van der Waals surface area contributed by atoms with E-state index in [1.165, 1.54) is 5.56 Å². The van der Waals surface area contributed by atoms with Crippen LogP contribution in [0.25, 0.3) is 0 Å². The Bertz CT molecular complexity index is 984. The second kappa shape index (κ2) is 15.2. The number of amides is 2. The number of halogens is 1. The molecule has 2 unspecified atom stereocenters. The third-order valence-corrected chi connectivity index (χ3v) is 5.92. The van der Waals surface area contributed by atoms with Gasteiger partial charge in [0, 0.05) is 11.7 Å². The molecule has 188 valence electrons. The number of rotatable bonds is 13. The van der Waals surface area contributed by atoms with Gasteiger partial charge in [0.1, 0.15) is 12.4 Å². The van der Waals surface area contributed by atoms with Crippen molar-refractivity contribution in [2.24, 2.45) is 5.73 Å². The normalized spacial score (nSPS) is 12.3. The number of benzene rings is 3. The molecule has 0 radical (unpaired) electrons. The fourth-order valence-corrected chi connectivity index (χ4v) is 4.14. The number of nitrogens with zero attached hydrogens (tertiary/aromatic N) is 1. The van der Waals surface area contributed by atoms with Crippen LogP contribution in [0.3, 0.4) is 0 Å². The van der Waals surface area contributed by atoms with Crippen molar-refractivity contribution in [1.82, 2.24) is 5.32 Å². The van der Waals surface area contributed by atoms with Gasteiger partial charge in [0.15, 0.2) is 0 Å². The van der Waals surface area contributed by atoms with Gasteiger partial charge in [0.05, 0.1) is 6.17 Å². The van der Waals surface area contributed by atoms with Crippen LogP contribution in [-0.4, -0.2) is 12.2 Å². The van der Waals surface area contributed by atoms with Gasteiger partial charge in [-0.25, -0.2) is 4.79 Å². The summed E-state index contributed by atoms with van der Waals surface area (Å²) in [7, 11) is 0. The average molecular weight is 541 g/mol. The molecule has 0 spiro atoms. The first-order valence-electron chi connectivity index (χ1n) is 12.3. The predicted octanol–water partition coefficient (Wildman–Crippen LogP) is 7.38. The van der Waals surface area contributed by atoms with E-state index in [4.69, 9.17) is 10.5 Å². The van der Waals surface area contributed by atoms with Crippen molar-refractivity contribution < 1.29 is 9.53 Å². The third kappa shape index (κ3) is 8.71. The molecule has 5 nitrogen and oxygen atoms in total. The van der Waals surface area contributed by atoms with E-state index < -0.39 is 6.03 Å². The Morgan fingerprint density at radius 2 is 1.51 bits per heavy atom. The van der Waals surface area contributed by atoms with Crippen LogP contribution in [0.5, 0.6) is 5.75 Å². The van der Waals surface area contributed by atoms with Crippen LogP contribution in [0.1, 0.15) is 63.1 Å². The van der Waals surface area contributed by atoms with Gasteiger partial charge in [-0.05, 0) is 48.2 Å². The Hall–Kier alpha value is -2.83. The lowest BCUT2D eigenvalue weighted by Gasteiger charge is -2.34. The van der Waals surface area contributed by atoms with Crippen molar-refractivity contribution in [2.75, 3.05) is 4.90 Å². The van der Waals surface area contributed by atoms with Crippen LogP contribution >= 0.6 is 17.0 Å². The number of unbranched alkanes of at least 4 members (excludes halogenated alkanes) is 1. The molecule has 0 fully saturated rings. The lowest BCUT2D eigenvalue weighted by Crippen LogP contribution is -2.52. The molecule has 3 aromatic carbocycles. The van der Waals surface area contributed by atoms with Crippen molar-refractivity contribution in [2.45, 2.75) is 64.8 Å². The lowest BCUT2D eigenvalue weighted by molar-refractivity contribution is 0.247. The fourth-order valence-electron chi connectivity index (χ4n) is 4.14. The topological polar surface area (TPSA) is 67.6 Å². The highest BCUT2D eigenvalue weighted by Crippen LogP contribution is 2.26. The maximum absolute atomic E-state index is 12.7. The van der Waals surface area contributed by atoms with Gasteiger partial charge in [-0.3, -0.25) is 10.2 Å². The Labute approximate surface area is 220 Å². The standard InChI is InChI=1S/C29H37N3O2.BrH/c1-3-5-17-28(31-27(12-4-2)24-15-10-7-11-16-24)32(29(30)33)25-18-20-26(21-19-25)34-22-23-13-8-6-9-14-23;/h6-11,13-16,18-21,27-28,31H,3-5,12,17,22H2,1-2H3,(H2,30,33);1H. The van der Waals surface area contributed by atoms with Gasteiger partial charge in [-0.2, -0.15) is 0 Å². The van der Waals surface area contributed by atoms with Crippen molar-refractivity contribution in [3.63, 3.8) is 0 Å². The van der Waals surface area contributed by atoms with Crippen molar-refractivity contribution in [3.05, 3.63) is 96.1 Å². The number of anilines is 1. The first-order valence-corrected chi connectivity index (χ1v) is 12.3. The summed E-state index contributed by atoms with van der Waals surface area (Å²) in [6.07, 6.45) is 4.67. The number of urea groups is 1. The van der Waals surface area contributed by atoms with Crippen molar-refractivity contribution in [3.8, 4) is 5.75 Å². The molecule has 0 aliphatic heterocycles. The van der Waals surface area contributed by atoms with Crippen LogP contribution in [0.4, 0.5) is 10.5 Å². The Balaban J connectivity index is 0.00000432. The van der Waals surface area contributed by atoms with Crippen molar-refractivity contribution >= 4 is 28.7 Å². The number of hydrogen-bond acceptors (Lipinski definition) is 3. The highest BCUT2D eigenvalue weighted by molar-refractivity contribution is 8.93. The zero-order valence-corrected chi connectivity index (χ0v) is 22.4. The third-order valence-electron chi connectivity index (χ3n) is 5.92. The zero-order valence-electron chi connectivity index (χ0n) is 20.7. The summed E-state index contributed by atoms with van der Waals surface area (Å²) in [6.45, 7) is 4.83. The smallest absolute Gasteiger partial charge is 0.320 e. The lowest BCUT2D eigenvalue weighted by atomic mass is 10.0. The first kappa shape index (κ1) is 28.4. The van der Waals surface area contributed by atoms with E-state index in [9.17, 15) is 4.79 Å². The number of nitrogens with one attached hydrogen (secondary N) is 1. The van der Waals surface area contributed by atoms with E-state index in [1.54, 1.807) is 4.90 Å². The number of carbonyl (C=O) groups is 1. The zero-order chi connectivity index (χ0) is 24.2. The second-order valence-electron chi connectivity index (χ2n) is 8.55. The monoisotopic (exact) mass is 539 g/mol. The summed E-state index contributed by atoms with van der Waals surface area (Å²) in [5.41, 5.74) is 9.01. The van der Waals surface area contributed by atoms with E-state index >= 15 is 0 Å². The Morgan fingerprint density at radius 1 is 0.886 bits per heavy atom.